The third kappa shape index (κ3) is 3.53. The van der Waals surface area contributed by atoms with Crippen LogP contribution in [0, 0.1) is 0 Å². The Bertz CT molecular complexity index is 997. The Hall–Kier alpha value is -3.41. The predicted octanol–water partition coefficient (Wildman–Crippen LogP) is 3.30. The molecule has 2 aromatic carbocycles. The lowest BCUT2D eigenvalue weighted by Crippen LogP contribution is -2.43. The predicted molar refractivity (Wildman–Crippen MR) is 107 cm³/mol. The van der Waals surface area contributed by atoms with Crippen molar-refractivity contribution in [3.63, 3.8) is 0 Å². The van der Waals surface area contributed by atoms with Gasteiger partial charge in [0.2, 0.25) is 5.91 Å². The molecule has 1 aromatic heterocycles. The van der Waals surface area contributed by atoms with Gasteiger partial charge in [-0.1, -0.05) is 55.5 Å². The first-order valence-corrected chi connectivity index (χ1v) is 9.42. The van der Waals surface area contributed by atoms with Crippen LogP contribution < -0.4 is 5.32 Å². The molecule has 1 atom stereocenters. The number of anilines is 1. The summed E-state index contributed by atoms with van der Waals surface area (Å²) in [5, 5.41) is 7.22. The van der Waals surface area contributed by atoms with E-state index in [2.05, 4.69) is 10.4 Å². The molecular weight excluding hydrogens is 352 g/mol. The number of carbonyl (C=O) groups excluding carboxylic acids is 2. The Morgan fingerprint density at radius 2 is 1.89 bits per heavy atom. The summed E-state index contributed by atoms with van der Waals surface area (Å²) in [7, 11) is 0. The number of nitrogens with zero attached hydrogens (tertiary/aromatic N) is 3. The lowest BCUT2D eigenvalue weighted by molar-refractivity contribution is -0.120. The number of benzene rings is 2. The van der Waals surface area contributed by atoms with Crippen molar-refractivity contribution in [3.05, 3.63) is 83.7 Å². The molecule has 28 heavy (non-hydrogen) atoms. The lowest BCUT2D eigenvalue weighted by atomic mass is 10.1. The van der Waals surface area contributed by atoms with Gasteiger partial charge in [-0.2, -0.15) is 5.10 Å². The van der Waals surface area contributed by atoms with E-state index in [0.717, 1.165) is 11.1 Å². The first-order valence-electron chi connectivity index (χ1n) is 9.42. The van der Waals surface area contributed by atoms with Gasteiger partial charge >= 0.3 is 0 Å². The molecular formula is C22H22N4O2. The minimum absolute atomic E-state index is 0.0858. The van der Waals surface area contributed by atoms with Crippen molar-refractivity contribution in [3.8, 4) is 0 Å². The van der Waals surface area contributed by atoms with Crippen LogP contribution in [0.3, 0.4) is 0 Å². The fraction of sp³-hybridized carbons (Fsp3) is 0.227. The standard InChI is InChI=1S/C22H22N4O2/c1-2-20(26-14-17-10-6-7-11-19(17)22(26)28)21(27)24-18-12-23-25(15-18)13-16-8-4-3-5-9-16/h3-12,15,20H,2,13-14H2,1H3,(H,24,27). The monoisotopic (exact) mass is 374 g/mol. The zero-order chi connectivity index (χ0) is 19.5. The fourth-order valence-electron chi connectivity index (χ4n) is 3.59. The SMILES string of the molecule is CCC(C(=O)Nc1cnn(Cc2ccccc2)c1)N1Cc2ccccc2C1=O. The van der Waals surface area contributed by atoms with Gasteiger partial charge in [0.05, 0.1) is 18.4 Å². The molecule has 0 bridgehead atoms. The topological polar surface area (TPSA) is 67.2 Å². The molecule has 6 nitrogen and oxygen atoms in total. The van der Waals surface area contributed by atoms with Crippen LogP contribution in [-0.2, 0) is 17.9 Å². The number of hydrogen-bond acceptors (Lipinski definition) is 3. The van der Waals surface area contributed by atoms with Crippen molar-refractivity contribution in [2.45, 2.75) is 32.5 Å². The number of amides is 2. The van der Waals surface area contributed by atoms with Crippen molar-refractivity contribution in [1.82, 2.24) is 14.7 Å². The van der Waals surface area contributed by atoms with Gasteiger partial charge in [-0.3, -0.25) is 14.3 Å². The van der Waals surface area contributed by atoms with Gasteiger partial charge in [0.1, 0.15) is 6.04 Å². The van der Waals surface area contributed by atoms with Crippen molar-refractivity contribution in [2.24, 2.45) is 0 Å². The molecule has 1 aliphatic rings. The molecule has 0 saturated carbocycles. The van der Waals surface area contributed by atoms with Crippen LogP contribution >= 0.6 is 0 Å². The molecule has 1 N–H and O–H groups in total. The molecule has 3 aromatic rings. The molecule has 2 amide bonds. The molecule has 2 heterocycles. The first kappa shape index (κ1) is 18.0. The van der Waals surface area contributed by atoms with Crippen molar-refractivity contribution in [1.29, 1.82) is 0 Å². The molecule has 4 rings (SSSR count). The molecule has 1 aliphatic heterocycles. The summed E-state index contributed by atoms with van der Waals surface area (Å²) in [4.78, 5) is 27.2. The van der Waals surface area contributed by atoms with Crippen molar-refractivity contribution in [2.75, 3.05) is 5.32 Å². The second-order valence-corrected chi connectivity index (χ2v) is 6.92. The van der Waals surface area contributed by atoms with E-state index in [1.807, 2.05) is 61.5 Å². The largest absolute Gasteiger partial charge is 0.322 e. The quantitative estimate of drug-likeness (QED) is 0.720. The third-order valence-electron chi connectivity index (χ3n) is 5.00. The highest BCUT2D eigenvalue weighted by atomic mass is 16.2. The highest BCUT2D eigenvalue weighted by molar-refractivity contribution is 6.03. The lowest BCUT2D eigenvalue weighted by Gasteiger charge is -2.25. The Labute approximate surface area is 163 Å². The minimum atomic E-state index is -0.516. The zero-order valence-corrected chi connectivity index (χ0v) is 15.7. The van der Waals surface area contributed by atoms with Crippen molar-refractivity contribution < 1.29 is 9.59 Å². The smallest absolute Gasteiger partial charge is 0.255 e. The summed E-state index contributed by atoms with van der Waals surface area (Å²) in [6.45, 7) is 3.02. The summed E-state index contributed by atoms with van der Waals surface area (Å²) in [6.07, 6.45) is 3.98. The van der Waals surface area contributed by atoms with Gasteiger partial charge in [0, 0.05) is 18.3 Å². The van der Waals surface area contributed by atoms with E-state index in [9.17, 15) is 9.59 Å². The molecule has 6 heteroatoms. The average Bonchev–Trinajstić information content (AvgIpc) is 3.28. The average molecular weight is 374 g/mol. The highest BCUT2D eigenvalue weighted by Gasteiger charge is 2.35. The van der Waals surface area contributed by atoms with E-state index in [1.165, 1.54) is 0 Å². The Kier molecular flexibility index (Phi) is 4.93. The Morgan fingerprint density at radius 3 is 2.64 bits per heavy atom. The van der Waals surface area contributed by atoms with E-state index in [4.69, 9.17) is 0 Å². The third-order valence-corrected chi connectivity index (χ3v) is 5.00. The van der Waals surface area contributed by atoms with Crippen LogP contribution in [-0.4, -0.2) is 32.5 Å². The molecule has 0 spiro atoms. The van der Waals surface area contributed by atoms with E-state index in [0.29, 0.717) is 30.8 Å². The number of fused-ring (bicyclic) bond motifs is 1. The number of hydrogen-bond donors (Lipinski definition) is 1. The van der Waals surface area contributed by atoms with Crippen LogP contribution in [0.5, 0.6) is 0 Å². The first-order chi connectivity index (χ1) is 13.7. The molecule has 0 radical (unpaired) electrons. The van der Waals surface area contributed by atoms with E-state index >= 15 is 0 Å². The van der Waals surface area contributed by atoms with E-state index in [-0.39, 0.29) is 11.8 Å². The van der Waals surface area contributed by atoms with Gasteiger partial charge in [-0.05, 0) is 23.6 Å². The summed E-state index contributed by atoms with van der Waals surface area (Å²) >= 11 is 0. The van der Waals surface area contributed by atoms with E-state index in [1.54, 1.807) is 22.0 Å². The summed E-state index contributed by atoms with van der Waals surface area (Å²) in [6, 6.07) is 17.0. The normalized spacial score (nSPS) is 14.0. The Morgan fingerprint density at radius 1 is 1.14 bits per heavy atom. The second kappa shape index (κ2) is 7.68. The molecule has 1 unspecified atom stereocenters. The molecule has 0 fully saturated rings. The number of carbonyl (C=O) groups is 2. The molecule has 0 aliphatic carbocycles. The maximum absolute atomic E-state index is 12.9. The number of rotatable bonds is 6. The molecule has 142 valence electrons. The van der Waals surface area contributed by atoms with Crippen LogP contribution in [0.15, 0.2) is 67.0 Å². The van der Waals surface area contributed by atoms with Crippen LogP contribution in [0.2, 0.25) is 0 Å². The maximum Gasteiger partial charge on any atom is 0.255 e. The van der Waals surface area contributed by atoms with Crippen molar-refractivity contribution >= 4 is 17.5 Å². The minimum Gasteiger partial charge on any atom is -0.322 e. The summed E-state index contributed by atoms with van der Waals surface area (Å²) < 4.78 is 1.78. The van der Waals surface area contributed by atoms with Gasteiger partial charge in [0.15, 0.2) is 0 Å². The highest BCUT2D eigenvalue weighted by Crippen LogP contribution is 2.26. The van der Waals surface area contributed by atoms with Gasteiger partial charge in [-0.25, -0.2) is 0 Å². The van der Waals surface area contributed by atoms with Crippen LogP contribution in [0.25, 0.3) is 0 Å². The molecule has 0 saturated heterocycles. The number of nitrogens with one attached hydrogen (secondary N) is 1. The second-order valence-electron chi connectivity index (χ2n) is 6.92. The maximum atomic E-state index is 12.9. The van der Waals surface area contributed by atoms with Gasteiger partial charge in [0.25, 0.3) is 5.91 Å². The van der Waals surface area contributed by atoms with Gasteiger partial charge < -0.3 is 10.2 Å². The fourth-order valence-corrected chi connectivity index (χ4v) is 3.59. The number of aromatic nitrogens is 2. The van der Waals surface area contributed by atoms with Gasteiger partial charge in [-0.15, -0.1) is 0 Å². The van der Waals surface area contributed by atoms with Crippen LogP contribution in [0.4, 0.5) is 5.69 Å². The summed E-state index contributed by atoms with van der Waals surface area (Å²) in [5.74, 6) is -0.278. The van der Waals surface area contributed by atoms with E-state index < -0.39 is 6.04 Å². The zero-order valence-electron chi connectivity index (χ0n) is 15.7. The summed E-state index contributed by atoms with van der Waals surface area (Å²) in [5.41, 5.74) is 3.41. The Balaban J connectivity index is 1.44. The van der Waals surface area contributed by atoms with Crippen LogP contribution in [0.1, 0.15) is 34.8 Å².